The first kappa shape index (κ1) is 15.0. The Balaban J connectivity index is 1.93. The topological polar surface area (TPSA) is 60.9 Å². The Kier molecular flexibility index (Phi) is 5.17. The quantitative estimate of drug-likeness (QED) is 0.726. The molecule has 1 saturated heterocycles. The van der Waals surface area contributed by atoms with Gasteiger partial charge in [-0.2, -0.15) is 0 Å². The van der Waals surface area contributed by atoms with Crippen LogP contribution >= 0.6 is 0 Å². The Morgan fingerprint density at radius 3 is 2.65 bits per heavy atom. The zero-order chi connectivity index (χ0) is 14.5. The van der Waals surface area contributed by atoms with Crippen molar-refractivity contribution in [1.29, 1.82) is 0 Å². The van der Waals surface area contributed by atoms with Crippen LogP contribution in [-0.4, -0.2) is 59.5 Å². The molecule has 112 valence electrons. The third kappa shape index (κ3) is 3.60. The van der Waals surface area contributed by atoms with Gasteiger partial charge in [-0.1, -0.05) is 6.08 Å². The molecule has 1 aliphatic heterocycles. The molecule has 0 radical (unpaired) electrons. The second-order valence-corrected chi connectivity index (χ2v) is 5.69. The lowest BCUT2D eigenvalue weighted by Gasteiger charge is -2.34. The summed E-state index contributed by atoms with van der Waals surface area (Å²) >= 11 is 0. The molecule has 1 saturated carbocycles. The van der Waals surface area contributed by atoms with E-state index in [1.54, 1.807) is 11.0 Å². The summed E-state index contributed by atoms with van der Waals surface area (Å²) in [4.78, 5) is 28.0. The van der Waals surface area contributed by atoms with Crippen molar-refractivity contribution in [2.24, 2.45) is 11.8 Å². The first-order chi connectivity index (χ1) is 9.67. The summed E-state index contributed by atoms with van der Waals surface area (Å²) in [6.07, 6.45) is 5.38. The predicted molar refractivity (Wildman–Crippen MR) is 75.9 cm³/mol. The van der Waals surface area contributed by atoms with Gasteiger partial charge in [-0.05, 0) is 25.7 Å². The maximum atomic E-state index is 12.5. The monoisotopic (exact) mass is 280 g/mol. The fraction of sp³-hybridized carbons (Fsp3) is 0.733. The van der Waals surface area contributed by atoms with Gasteiger partial charge in [0.2, 0.25) is 11.8 Å². The first-order valence-electron chi connectivity index (χ1n) is 7.46. The van der Waals surface area contributed by atoms with Crippen molar-refractivity contribution in [1.82, 2.24) is 9.80 Å². The maximum absolute atomic E-state index is 12.5. The second-order valence-electron chi connectivity index (χ2n) is 5.69. The van der Waals surface area contributed by atoms with Crippen molar-refractivity contribution in [2.75, 3.05) is 32.8 Å². The molecule has 2 amide bonds. The molecular weight excluding hydrogens is 256 g/mol. The van der Waals surface area contributed by atoms with Crippen molar-refractivity contribution in [3.05, 3.63) is 12.7 Å². The van der Waals surface area contributed by atoms with E-state index < -0.39 is 0 Å². The normalized spacial score (nSPS) is 22.4. The molecule has 0 aromatic carbocycles. The van der Waals surface area contributed by atoms with Crippen LogP contribution in [-0.2, 0) is 9.59 Å². The van der Waals surface area contributed by atoms with Gasteiger partial charge in [0.1, 0.15) is 0 Å². The summed E-state index contributed by atoms with van der Waals surface area (Å²) in [7, 11) is 0. The van der Waals surface area contributed by atoms with E-state index in [-0.39, 0.29) is 30.3 Å². The molecular formula is C15H24N2O3. The number of likely N-dealkylation sites (tertiary alicyclic amines) is 1. The Labute approximate surface area is 120 Å². The Bertz CT molecular complexity index is 379. The van der Waals surface area contributed by atoms with Crippen molar-refractivity contribution in [3.63, 3.8) is 0 Å². The largest absolute Gasteiger partial charge is 0.395 e. The summed E-state index contributed by atoms with van der Waals surface area (Å²) < 4.78 is 0. The molecule has 20 heavy (non-hydrogen) atoms. The second kappa shape index (κ2) is 6.88. The van der Waals surface area contributed by atoms with Gasteiger partial charge in [0.15, 0.2) is 0 Å². The highest BCUT2D eigenvalue weighted by Gasteiger charge is 2.37. The number of rotatable bonds is 6. The van der Waals surface area contributed by atoms with E-state index in [2.05, 4.69) is 6.58 Å². The average molecular weight is 280 g/mol. The SMILES string of the molecule is C=CCN(CCO)C(=O)C1CCCN(C(=O)C2CC2)C1. The minimum atomic E-state index is -0.127. The molecule has 0 bridgehead atoms. The number of hydrogen-bond acceptors (Lipinski definition) is 3. The summed E-state index contributed by atoms with van der Waals surface area (Å²) in [6.45, 7) is 5.70. The number of nitrogens with zero attached hydrogens (tertiary/aromatic N) is 2. The highest BCUT2D eigenvalue weighted by Crippen LogP contribution is 2.32. The van der Waals surface area contributed by atoms with Gasteiger partial charge in [0.05, 0.1) is 12.5 Å². The molecule has 2 fully saturated rings. The lowest BCUT2D eigenvalue weighted by molar-refractivity contribution is -0.141. The number of carbonyl (C=O) groups is 2. The highest BCUT2D eigenvalue weighted by atomic mass is 16.3. The molecule has 5 nitrogen and oxygen atoms in total. The van der Waals surface area contributed by atoms with E-state index in [9.17, 15) is 9.59 Å². The lowest BCUT2D eigenvalue weighted by Crippen LogP contribution is -2.47. The van der Waals surface area contributed by atoms with Crippen LogP contribution in [0.25, 0.3) is 0 Å². The number of carbonyl (C=O) groups excluding carboxylic acids is 2. The van der Waals surface area contributed by atoms with Crippen LogP contribution in [0.3, 0.4) is 0 Å². The van der Waals surface area contributed by atoms with Gasteiger partial charge in [-0.3, -0.25) is 9.59 Å². The highest BCUT2D eigenvalue weighted by molar-refractivity contribution is 5.83. The van der Waals surface area contributed by atoms with Gasteiger partial charge >= 0.3 is 0 Å². The predicted octanol–water partition coefficient (Wildman–Crippen LogP) is 0.642. The van der Waals surface area contributed by atoms with Crippen molar-refractivity contribution >= 4 is 11.8 Å². The van der Waals surface area contributed by atoms with Crippen molar-refractivity contribution in [2.45, 2.75) is 25.7 Å². The fourth-order valence-corrected chi connectivity index (χ4v) is 2.79. The first-order valence-corrected chi connectivity index (χ1v) is 7.46. The Hall–Kier alpha value is -1.36. The van der Waals surface area contributed by atoms with Crippen molar-refractivity contribution in [3.8, 4) is 0 Å². The summed E-state index contributed by atoms with van der Waals surface area (Å²) in [5.41, 5.74) is 0. The minimum absolute atomic E-state index is 0.0345. The van der Waals surface area contributed by atoms with E-state index in [1.807, 2.05) is 4.90 Å². The number of aliphatic hydroxyl groups is 1. The van der Waals surface area contributed by atoms with E-state index in [1.165, 1.54) is 0 Å². The van der Waals surface area contributed by atoms with Crippen LogP contribution in [0.1, 0.15) is 25.7 Å². The van der Waals surface area contributed by atoms with Gasteiger partial charge in [-0.25, -0.2) is 0 Å². The van der Waals surface area contributed by atoms with Crippen LogP contribution < -0.4 is 0 Å². The standard InChI is InChI=1S/C15H24N2O3/c1-2-7-16(9-10-18)15(20)13-4-3-8-17(11-13)14(19)12-5-6-12/h2,12-13,18H,1,3-11H2. The van der Waals surface area contributed by atoms with E-state index >= 15 is 0 Å². The summed E-state index contributed by atoms with van der Waals surface area (Å²) in [5, 5.41) is 9.04. The molecule has 5 heteroatoms. The van der Waals surface area contributed by atoms with Crippen LogP contribution in [0.4, 0.5) is 0 Å². The number of aliphatic hydroxyl groups excluding tert-OH is 1. The van der Waals surface area contributed by atoms with E-state index in [4.69, 9.17) is 5.11 Å². The molecule has 1 aliphatic carbocycles. The Morgan fingerprint density at radius 2 is 2.05 bits per heavy atom. The van der Waals surface area contributed by atoms with Gasteiger partial charge < -0.3 is 14.9 Å². The lowest BCUT2D eigenvalue weighted by atomic mass is 9.96. The molecule has 2 rings (SSSR count). The van der Waals surface area contributed by atoms with Crippen LogP contribution in [0.15, 0.2) is 12.7 Å². The molecule has 0 spiro atoms. The smallest absolute Gasteiger partial charge is 0.227 e. The van der Waals surface area contributed by atoms with Gasteiger partial charge in [-0.15, -0.1) is 6.58 Å². The molecule has 1 N–H and O–H groups in total. The van der Waals surface area contributed by atoms with Crippen molar-refractivity contribution < 1.29 is 14.7 Å². The number of amides is 2. The molecule has 1 heterocycles. The zero-order valence-corrected chi connectivity index (χ0v) is 12.0. The molecule has 2 aliphatic rings. The summed E-state index contributed by atoms with van der Waals surface area (Å²) in [6, 6.07) is 0. The van der Waals surface area contributed by atoms with Gasteiger partial charge in [0.25, 0.3) is 0 Å². The number of piperidine rings is 1. The molecule has 1 unspecified atom stereocenters. The molecule has 0 aromatic heterocycles. The summed E-state index contributed by atoms with van der Waals surface area (Å²) in [5.74, 6) is 0.343. The molecule has 1 atom stereocenters. The van der Waals surface area contributed by atoms with E-state index in [0.717, 1.165) is 32.2 Å². The van der Waals surface area contributed by atoms with Gasteiger partial charge in [0, 0.05) is 32.1 Å². The third-order valence-electron chi connectivity index (χ3n) is 4.04. The minimum Gasteiger partial charge on any atom is -0.395 e. The van der Waals surface area contributed by atoms with E-state index in [0.29, 0.717) is 19.6 Å². The zero-order valence-electron chi connectivity index (χ0n) is 12.0. The maximum Gasteiger partial charge on any atom is 0.227 e. The fourth-order valence-electron chi connectivity index (χ4n) is 2.79. The molecule has 0 aromatic rings. The van der Waals surface area contributed by atoms with Crippen LogP contribution in [0, 0.1) is 11.8 Å². The van der Waals surface area contributed by atoms with Crippen LogP contribution in [0.2, 0.25) is 0 Å². The Morgan fingerprint density at radius 1 is 1.30 bits per heavy atom. The number of hydrogen-bond donors (Lipinski definition) is 1. The average Bonchev–Trinajstić information content (AvgIpc) is 3.30. The van der Waals surface area contributed by atoms with Crippen LogP contribution in [0.5, 0.6) is 0 Å². The third-order valence-corrected chi connectivity index (χ3v) is 4.04.